The van der Waals surface area contributed by atoms with Crippen molar-refractivity contribution in [2.24, 2.45) is 0 Å². The average Bonchev–Trinajstić information content (AvgIpc) is 3.51. The van der Waals surface area contributed by atoms with E-state index in [4.69, 9.17) is 9.15 Å². The van der Waals surface area contributed by atoms with Crippen LogP contribution in [0.25, 0.3) is 22.4 Å². The maximum absolute atomic E-state index is 13.6. The van der Waals surface area contributed by atoms with Crippen LogP contribution in [0, 0.1) is 0 Å². The summed E-state index contributed by atoms with van der Waals surface area (Å²) in [5, 5.41) is 4.35. The summed E-state index contributed by atoms with van der Waals surface area (Å²) < 4.78 is 11.1. The molecule has 0 saturated heterocycles. The van der Waals surface area contributed by atoms with Gasteiger partial charge < -0.3 is 14.5 Å². The highest BCUT2D eigenvalue weighted by Crippen LogP contribution is 2.39. The number of ether oxygens (including phenoxy) is 1. The first-order chi connectivity index (χ1) is 16.7. The van der Waals surface area contributed by atoms with Crippen molar-refractivity contribution in [1.29, 1.82) is 0 Å². The number of carbonyl (C=O) groups is 2. The van der Waals surface area contributed by atoms with E-state index >= 15 is 0 Å². The monoisotopic (exact) mass is 474 g/mol. The van der Waals surface area contributed by atoms with Gasteiger partial charge in [0.1, 0.15) is 10.7 Å². The summed E-state index contributed by atoms with van der Waals surface area (Å²) in [6.45, 7) is 2.44. The van der Waals surface area contributed by atoms with Gasteiger partial charge in [0.25, 0.3) is 5.91 Å². The normalized spacial score (nSPS) is 13.0. The number of benzene rings is 1. The number of nitrogens with one attached hydrogen (secondary N) is 1. The number of hydrogen-bond donors (Lipinski definition) is 1. The van der Waals surface area contributed by atoms with Crippen LogP contribution in [0.4, 0.5) is 5.00 Å². The molecule has 0 spiro atoms. The minimum absolute atomic E-state index is 0.285. The van der Waals surface area contributed by atoms with Gasteiger partial charge in [-0.05, 0) is 61.9 Å². The number of furan rings is 1. The van der Waals surface area contributed by atoms with E-state index in [9.17, 15) is 9.59 Å². The van der Waals surface area contributed by atoms with Crippen molar-refractivity contribution in [1.82, 2.24) is 4.98 Å². The molecule has 34 heavy (non-hydrogen) atoms. The second-order valence-corrected chi connectivity index (χ2v) is 9.51. The Bertz CT molecular complexity index is 1340. The summed E-state index contributed by atoms with van der Waals surface area (Å²) >= 11 is 1.49. The second-order valence-electron chi connectivity index (χ2n) is 8.41. The number of aryl methyl sites for hydroxylation is 1. The van der Waals surface area contributed by atoms with Crippen molar-refractivity contribution >= 4 is 39.1 Å². The highest BCUT2D eigenvalue weighted by atomic mass is 32.1. The Morgan fingerprint density at radius 3 is 2.82 bits per heavy atom. The molecule has 1 aliphatic carbocycles. The molecule has 174 valence electrons. The number of unbranched alkanes of at least 4 members (excludes halogenated alkanes) is 1. The van der Waals surface area contributed by atoms with Gasteiger partial charge in [0.2, 0.25) is 0 Å². The molecule has 0 atom stereocenters. The van der Waals surface area contributed by atoms with E-state index in [0.29, 0.717) is 39.7 Å². The lowest BCUT2D eigenvalue weighted by atomic mass is 9.95. The zero-order valence-electron chi connectivity index (χ0n) is 19.1. The van der Waals surface area contributed by atoms with E-state index < -0.39 is 0 Å². The Balaban J connectivity index is 1.52. The Kier molecular flexibility index (Phi) is 6.45. The molecule has 0 radical (unpaired) electrons. The Morgan fingerprint density at radius 2 is 2.00 bits per heavy atom. The SMILES string of the molecule is CCCCOC(=O)c1c(NC(=O)c2cc(-c3ccco3)nc3ccccc23)sc2c1CCCC2. The molecule has 0 bridgehead atoms. The molecule has 3 aromatic heterocycles. The van der Waals surface area contributed by atoms with E-state index in [0.717, 1.165) is 49.5 Å². The minimum Gasteiger partial charge on any atom is -0.463 e. The zero-order valence-corrected chi connectivity index (χ0v) is 19.9. The highest BCUT2D eigenvalue weighted by Gasteiger charge is 2.28. The first-order valence-electron chi connectivity index (χ1n) is 11.7. The Morgan fingerprint density at radius 1 is 1.15 bits per heavy atom. The molecule has 6 nitrogen and oxygen atoms in total. The number of carbonyl (C=O) groups excluding carboxylic acids is 2. The number of pyridine rings is 1. The summed E-state index contributed by atoms with van der Waals surface area (Å²) in [4.78, 5) is 32.4. The van der Waals surface area contributed by atoms with Gasteiger partial charge in [0.15, 0.2) is 5.76 Å². The molecule has 4 aromatic rings. The van der Waals surface area contributed by atoms with Crippen LogP contribution in [0.15, 0.2) is 53.1 Å². The van der Waals surface area contributed by atoms with Crippen molar-refractivity contribution in [3.63, 3.8) is 0 Å². The fourth-order valence-electron chi connectivity index (χ4n) is 4.34. The molecule has 3 heterocycles. The van der Waals surface area contributed by atoms with E-state index in [1.807, 2.05) is 30.3 Å². The van der Waals surface area contributed by atoms with Gasteiger partial charge in [-0.2, -0.15) is 0 Å². The number of rotatable bonds is 7. The summed E-state index contributed by atoms with van der Waals surface area (Å²) in [6, 6.07) is 12.9. The third kappa shape index (κ3) is 4.35. The van der Waals surface area contributed by atoms with Crippen LogP contribution in [0.1, 0.15) is 63.8 Å². The van der Waals surface area contributed by atoms with Crippen molar-refractivity contribution in [3.05, 3.63) is 70.3 Å². The summed E-state index contributed by atoms with van der Waals surface area (Å²) in [7, 11) is 0. The maximum Gasteiger partial charge on any atom is 0.341 e. The standard InChI is InChI=1S/C27H26N2O4S/c1-2-3-14-33-27(31)24-18-10-5-7-13-23(18)34-26(24)29-25(30)19-16-21(22-12-8-15-32-22)28-20-11-6-4-9-17(19)20/h4,6,8-9,11-12,15-16H,2-3,5,7,10,13-14H2,1H3,(H,29,30). The predicted octanol–water partition coefficient (Wildman–Crippen LogP) is 6.64. The van der Waals surface area contributed by atoms with E-state index in [1.165, 1.54) is 16.2 Å². The Labute approximate surface area is 202 Å². The lowest BCUT2D eigenvalue weighted by Crippen LogP contribution is -2.16. The molecular formula is C27H26N2O4S. The molecule has 0 aliphatic heterocycles. The maximum atomic E-state index is 13.6. The van der Waals surface area contributed by atoms with E-state index in [-0.39, 0.29) is 11.9 Å². The molecule has 7 heteroatoms. The molecule has 0 saturated carbocycles. The number of amides is 1. The highest BCUT2D eigenvalue weighted by molar-refractivity contribution is 7.17. The number of anilines is 1. The van der Waals surface area contributed by atoms with Gasteiger partial charge in [-0.25, -0.2) is 9.78 Å². The molecule has 1 aromatic carbocycles. The van der Waals surface area contributed by atoms with Crippen LogP contribution in [0.2, 0.25) is 0 Å². The van der Waals surface area contributed by atoms with Crippen molar-refractivity contribution in [2.75, 3.05) is 11.9 Å². The van der Waals surface area contributed by atoms with Crippen LogP contribution in [-0.4, -0.2) is 23.5 Å². The number of para-hydroxylation sites is 1. The van der Waals surface area contributed by atoms with Gasteiger partial charge in [-0.15, -0.1) is 11.3 Å². The largest absolute Gasteiger partial charge is 0.463 e. The van der Waals surface area contributed by atoms with Crippen LogP contribution in [0.5, 0.6) is 0 Å². The van der Waals surface area contributed by atoms with Crippen molar-refractivity contribution < 1.29 is 18.7 Å². The molecule has 1 aliphatic rings. The molecule has 1 N–H and O–H groups in total. The molecule has 0 fully saturated rings. The van der Waals surface area contributed by atoms with Crippen molar-refractivity contribution in [3.8, 4) is 11.5 Å². The van der Waals surface area contributed by atoms with Crippen LogP contribution >= 0.6 is 11.3 Å². The molecule has 5 rings (SSSR count). The lowest BCUT2D eigenvalue weighted by molar-refractivity contribution is 0.0500. The number of thiophene rings is 1. The van der Waals surface area contributed by atoms with Gasteiger partial charge in [0, 0.05) is 10.3 Å². The molecule has 0 unspecified atom stereocenters. The fraction of sp³-hybridized carbons (Fsp3) is 0.296. The third-order valence-corrected chi connectivity index (χ3v) is 7.28. The van der Waals surface area contributed by atoms with Gasteiger partial charge in [-0.1, -0.05) is 31.5 Å². The average molecular weight is 475 g/mol. The van der Waals surface area contributed by atoms with E-state index in [1.54, 1.807) is 18.4 Å². The second kappa shape index (κ2) is 9.81. The van der Waals surface area contributed by atoms with E-state index in [2.05, 4.69) is 17.2 Å². The number of nitrogens with zero attached hydrogens (tertiary/aromatic N) is 1. The van der Waals surface area contributed by atoms with Gasteiger partial charge in [0.05, 0.1) is 29.5 Å². The third-order valence-electron chi connectivity index (χ3n) is 6.07. The smallest absolute Gasteiger partial charge is 0.341 e. The first kappa shape index (κ1) is 22.3. The summed E-state index contributed by atoms with van der Waals surface area (Å²) in [6.07, 6.45) is 7.23. The number of hydrogen-bond acceptors (Lipinski definition) is 6. The Hall–Kier alpha value is -3.45. The zero-order chi connectivity index (χ0) is 23.5. The fourth-order valence-corrected chi connectivity index (χ4v) is 5.61. The van der Waals surface area contributed by atoms with Crippen molar-refractivity contribution in [2.45, 2.75) is 45.4 Å². The van der Waals surface area contributed by atoms with Gasteiger partial charge >= 0.3 is 5.97 Å². The predicted molar refractivity (Wildman–Crippen MR) is 134 cm³/mol. The van der Waals surface area contributed by atoms with Crippen LogP contribution < -0.4 is 5.32 Å². The minimum atomic E-state index is -0.348. The van der Waals surface area contributed by atoms with Crippen LogP contribution in [0.3, 0.4) is 0 Å². The molecule has 1 amide bonds. The lowest BCUT2D eigenvalue weighted by Gasteiger charge is -2.13. The summed E-state index contributed by atoms with van der Waals surface area (Å²) in [5.41, 5.74) is 3.32. The summed E-state index contributed by atoms with van der Waals surface area (Å²) in [5.74, 6) is -0.0433. The first-order valence-corrected chi connectivity index (χ1v) is 12.5. The number of aromatic nitrogens is 1. The molecular weight excluding hydrogens is 448 g/mol. The topological polar surface area (TPSA) is 81.4 Å². The van der Waals surface area contributed by atoms with Gasteiger partial charge in [-0.3, -0.25) is 4.79 Å². The van der Waals surface area contributed by atoms with Crippen LogP contribution in [-0.2, 0) is 17.6 Å². The number of esters is 1. The number of fused-ring (bicyclic) bond motifs is 2. The quantitative estimate of drug-likeness (QED) is 0.240.